The third-order valence-corrected chi connectivity index (χ3v) is 4.52. The predicted molar refractivity (Wildman–Crippen MR) is 91.2 cm³/mol. The van der Waals surface area contributed by atoms with Crippen LogP contribution in [0.5, 0.6) is 0 Å². The highest BCUT2D eigenvalue weighted by Gasteiger charge is 2.25. The molecule has 1 aromatic carbocycles. The van der Waals surface area contributed by atoms with Crippen molar-refractivity contribution in [2.45, 2.75) is 39.8 Å². The first-order valence-corrected chi connectivity index (χ1v) is 7.94. The van der Waals surface area contributed by atoms with Crippen LogP contribution in [0.4, 0.5) is 5.82 Å². The first kappa shape index (κ1) is 15.6. The molecule has 1 aliphatic heterocycles. The Bertz CT molecular complexity index is 820. The van der Waals surface area contributed by atoms with Crippen molar-refractivity contribution in [3.63, 3.8) is 0 Å². The number of aromatic nitrogens is 2. The van der Waals surface area contributed by atoms with Crippen LogP contribution in [-0.2, 0) is 6.54 Å². The summed E-state index contributed by atoms with van der Waals surface area (Å²) in [5.74, 6) is 0.599. The second-order valence-electron chi connectivity index (χ2n) is 6.10. The quantitative estimate of drug-likeness (QED) is 0.906. The molecule has 2 heterocycles. The van der Waals surface area contributed by atoms with Gasteiger partial charge in [-0.15, -0.1) is 0 Å². The standard InChI is InChI=1S/C17H22N4O2/c1-4-12(3)20-9-14-15(18-10-20)21(17(23)19-16(14)22)13-7-5-11(2)6-8-13/h5-8,12,18H,4,9-10H2,1-3H3,(H,19,22,23). The molecule has 3 rings (SSSR count). The summed E-state index contributed by atoms with van der Waals surface area (Å²) in [6, 6.07) is 8.05. The summed E-state index contributed by atoms with van der Waals surface area (Å²) in [5, 5.41) is 3.26. The number of aromatic amines is 1. The van der Waals surface area contributed by atoms with E-state index in [1.807, 2.05) is 31.2 Å². The summed E-state index contributed by atoms with van der Waals surface area (Å²) in [5.41, 5.74) is 1.75. The van der Waals surface area contributed by atoms with E-state index in [0.717, 1.165) is 17.7 Å². The van der Waals surface area contributed by atoms with Crippen LogP contribution in [0.3, 0.4) is 0 Å². The molecule has 0 spiro atoms. The Balaban J connectivity index is 2.12. The van der Waals surface area contributed by atoms with Gasteiger partial charge in [0.1, 0.15) is 5.82 Å². The zero-order chi connectivity index (χ0) is 16.6. The van der Waals surface area contributed by atoms with Crippen LogP contribution in [0.15, 0.2) is 33.9 Å². The number of nitrogens with one attached hydrogen (secondary N) is 2. The SMILES string of the molecule is CCC(C)N1CNc2c(c(=O)[nH]c(=O)n2-c2ccc(C)cc2)C1. The summed E-state index contributed by atoms with van der Waals surface area (Å²) in [6.45, 7) is 7.42. The lowest BCUT2D eigenvalue weighted by Gasteiger charge is -2.34. The molecule has 0 radical (unpaired) electrons. The van der Waals surface area contributed by atoms with Gasteiger partial charge in [-0.05, 0) is 32.4 Å². The van der Waals surface area contributed by atoms with Gasteiger partial charge in [0.05, 0.1) is 17.9 Å². The van der Waals surface area contributed by atoms with E-state index in [4.69, 9.17) is 0 Å². The molecule has 6 heteroatoms. The summed E-state index contributed by atoms with van der Waals surface area (Å²) in [7, 11) is 0. The summed E-state index contributed by atoms with van der Waals surface area (Å²) < 4.78 is 1.55. The molecule has 0 saturated heterocycles. The van der Waals surface area contributed by atoms with E-state index in [0.29, 0.717) is 30.6 Å². The number of nitrogens with zero attached hydrogens (tertiary/aromatic N) is 2. The second-order valence-corrected chi connectivity index (χ2v) is 6.10. The number of aryl methyl sites for hydroxylation is 1. The van der Waals surface area contributed by atoms with Gasteiger partial charge in [-0.2, -0.15) is 0 Å². The molecule has 23 heavy (non-hydrogen) atoms. The van der Waals surface area contributed by atoms with Crippen molar-refractivity contribution in [1.29, 1.82) is 0 Å². The van der Waals surface area contributed by atoms with Crippen LogP contribution in [0.25, 0.3) is 5.69 Å². The highest BCUT2D eigenvalue weighted by molar-refractivity contribution is 5.52. The number of fused-ring (bicyclic) bond motifs is 1. The van der Waals surface area contributed by atoms with Gasteiger partial charge < -0.3 is 5.32 Å². The molecular weight excluding hydrogens is 292 g/mol. The van der Waals surface area contributed by atoms with E-state index in [2.05, 4.69) is 29.0 Å². The second kappa shape index (κ2) is 6.04. The maximum Gasteiger partial charge on any atom is 0.334 e. The summed E-state index contributed by atoms with van der Waals surface area (Å²) >= 11 is 0. The van der Waals surface area contributed by atoms with Crippen molar-refractivity contribution in [1.82, 2.24) is 14.5 Å². The van der Waals surface area contributed by atoms with E-state index in [-0.39, 0.29) is 5.56 Å². The molecule has 0 bridgehead atoms. The van der Waals surface area contributed by atoms with Crippen LogP contribution in [0.1, 0.15) is 31.4 Å². The lowest BCUT2D eigenvalue weighted by molar-refractivity contribution is 0.200. The monoisotopic (exact) mass is 314 g/mol. The molecule has 2 N–H and O–H groups in total. The minimum absolute atomic E-state index is 0.311. The van der Waals surface area contributed by atoms with Crippen molar-refractivity contribution < 1.29 is 0 Å². The molecule has 1 aliphatic rings. The van der Waals surface area contributed by atoms with Crippen molar-refractivity contribution in [3.8, 4) is 5.69 Å². The smallest absolute Gasteiger partial charge is 0.334 e. The van der Waals surface area contributed by atoms with E-state index in [1.165, 1.54) is 0 Å². The number of H-pyrrole nitrogens is 1. The molecule has 0 fully saturated rings. The van der Waals surface area contributed by atoms with Crippen LogP contribution in [0, 0.1) is 6.92 Å². The lowest BCUT2D eigenvalue weighted by Crippen LogP contribution is -2.45. The van der Waals surface area contributed by atoms with Crippen molar-refractivity contribution in [2.24, 2.45) is 0 Å². The number of rotatable bonds is 3. The Morgan fingerprint density at radius 3 is 2.57 bits per heavy atom. The Hall–Kier alpha value is -2.34. The average Bonchev–Trinajstić information content (AvgIpc) is 2.55. The predicted octanol–water partition coefficient (Wildman–Crippen LogP) is 1.82. The van der Waals surface area contributed by atoms with E-state index in [1.54, 1.807) is 4.57 Å². The Kier molecular flexibility index (Phi) is 4.09. The van der Waals surface area contributed by atoms with Crippen molar-refractivity contribution >= 4 is 5.82 Å². The number of hydrogen-bond acceptors (Lipinski definition) is 4. The molecule has 1 aromatic heterocycles. The molecule has 6 nitrogen and oxygen atoms in total. The fourth-order valence-corrected chi connectivity index (χ4v) is 2.85. The van der Waals surface area contributed by atoms with Crippen LogP contribution < -0.4 is 16.6 Å². The third kappa shape index (κ3) is 2.82. The fraction of sp³-hybridized carbons (Fsp3) is 0.412. The Morgan fingerprint density at radius 2 is 1.91 bits per heavy atom. The van der Waals surface area contributed by atoms with E-state index in [9.17, 15) is 9.59 Å². The molecule has 122 valence electrons. The molecule has 1 unspecified atom stereocenters. The molecule has 2 aromatic rings. The van der Waals surface area contributed by atoms with Gasteiger partial charge in [0.25, 0.3) is 5.56 Å². The van der Waals surface area contributed by atoms with Crippen LogP contribution in [0.2, 0.25) is 0 Å². The molecule has 0 saturated carbocycles. The minimum Gasteiger partial charge on any atom is -0.358 e. The fourth-order valence-electron chi connectivity index (χ4n) is 2.85. The van der Waals surface area contributed by atoms with Gasteiger partial charge in [0.2, 0.25) is 0 Å². The van der Waals surface area contributed by atoms with Gasteiger partial charge in [-0.1, -0.05) is 24.6 Å². The van der Waals surface area contributed by atoms with E-state index < -0.39 is 5.69 Å². The highest BCUT2D eigenvalue weighted by atomic mass is 16.2. The zero-order valence-corrected chi connectivity index (χ0v) is 13.7. The lowest BCUT2D eigenvalue weighted by atomic mass is 10.1. The first-order chi connectivity index (χ1) is 11.0. The summed E-state index contributed by atoms with van der Waals surface area (Å²) in [6.07, 6.45) is 1.01. The van der Waals surface area contributed by atoms with Gasteiger partial charge >= 0.3 is 5.69 Å². The third-order valence-electron chi connectivity index (χ3n) is 4.52. The average molecular weight is 314 g/mol. The molecule has 0 aliphatic carbocycles. The number of hydrogen-bond donors (Lipinski definition) is 2. The molecule has 0 amide bonds. The normalized spacial score (nSPS) is 15.8. The first-order valence-electron chi connectivity index (χ1n) is 7.94. The number of benzene rings is 1. The van der Waals surface area contributed by atoms with E-state index >= 15 is 0 Å². The summed E-state index contributed by atoms with van der Waals surface area (Å²) in [4.78, 5) is 29.2. The van der Waals surface area contributed by atoms with Gasteiger partial charge in [-0.3, -0.25) is 14.7 Å². The van der Waals surface area contributed by atoms with Gasteiger partial charge in [0.15, 0.2) is 0 Å². The largest absolute Gasteiger partial charge is 0.358 e. The van der Waals surface area contributed by atoms with Crippen LogP contribution >= 0.6 is 0 Å². The van der Waals surface area contributed by atoms with Gasteiger partial charge in [0, 0.05) is 12.6 Å². The minimum atomic E-state index is -0.415. The molecule has 1 atom stereocenters. The molecular formula is C17H22N4O2. The Morgan fingerprint density at radius 1 is 1.22 bits per heavy atom. The maximum atomic E-state index is 12.3. The van der Waals surface area contributed by atoms with Crippen molar-refractivity contribution in [3.05, 3.63) is 56.2 Å². The maximum absolute atomic E-state index is 12.3. The highest BCUT2D eigenvalue weighted by Crippen LogP contribution is 2.22. The topological polar surface area (TPSA) is 70.1 Å². The van der Waals surface area contributed by atoms with Crippen molar-refractivity contribution in [2.75, 3.05) is 12.0 Å². The van der Waals surface area contributed by atoms with Crippen LogP contribution in [-0.4, -0.2) is 27.2 Å². The van der Waals surface area contributed by atoms with Gasteiger partial charge in [-0.25, -0.2) is 9.36 Å². The Labute approximate surface area is 134 Å². The number of anilines is 1. The zero-order valence-electron chi connectivity index (χ0n) is 13.7.